The fraction of sp³-hybridized carbons (Fsp3) is 0.361. The highest BCUT2D eigenvalue weighted by molar-refractivity contribution is 6.04. The molecule has 1 atom stereocenters. The van der Waals surface area contributed by atoms with Crippen molar-refractivity contribution < 1.29 is 14.7 Å². The Morgan fingerprint density at radius 3 is 2.40 bits per heavy atom. The lowest BCUT2D eigenvalue weighted by molar-refractivity contribution is -0.132. The van der Waals surface area contributed by atoms with Crippen molar-refractivity contribution >= 4 is 23.2 Å². The van der Waals surface area contributed by atoms with E-state index in [1.807, 2.05) is 92.7 Å². The second-order valence-corrected chi connectivity index (χ2v) is 12.3. The van der Waals surface area contributed by atoms with Gasteiger partial charge in [-0.2, -0.15) is 5.10 Å². The quantitative estimate of drug-likeness (QED) is 0.247. The van der Waals surface area contributed by atoms with Gasteiger partial charge in [0.15, 0.2) is 0 Å². The largest absolute Gasteiger partial charge is 0.512 e. The van der Waals surface area contributed by atoms with Crippen molar-refractivity contribution in [2.75, 3.05) is 5.32 Å². The van der Waals surface area contributed by atoms with Crippen LogP contribution < -0.4 is 5.32 Å². The van der Waals surface area contributed by atoms with E-state index in [-0.39, 0.29) is 29.4 Å². The fourth-order valence-electron chi connectivity index (χ4n) is 6.09. The Labute approximate surface area is 249 Å². The van der Waals surface area contributed by atoms with E-state index in [9.17, 15) is 14.7 Å². The lowest BCUT2D eigenvalue weighted by Crippen LogP contribution is -2.31. The molecule has 0 spiro atoms. The van der Waals surface area contributed by atoms with Gasteiger partial charge >= 0.3 is 0 Å². The summed E-state index contributed by atoms with van der Waals surface area (Å²) < 4.78 is 0. The molecule has 5 rings (SSSR count). The van der Waals surface area contributed by atoms with Gasteiger partial charge in [0.1, 0.15) is 0 Å². The topological polar surface area (TPSA) is 82.0 Å². The number of allylic oxidation sites excluding steroid dienone is 1. The molecule has 218 valence electrons. The third-order valence-corrected chi connectivity index (χ3v) is 8.66. The van der Waals surface area contributed by atoms with Crippen LogP contribution in [0.1, 0.15) is 80.5 Å². The van der Waals surface area contributed by atoms with Gasteiger partial charge in [-0.15, -0.1) is 0 Å². The molecule has 1 saturated carbocycles. The molecule has 0 radical (unpaired) electrons. The van der Waals surface area contributed by atoms with E-state index in [0.717, 1.165) is 59.3 Å². The van der Waals surface area contributed by atoms with Crippen LogP contribution in [-0.4, -0.2) is 27.6 Å². The molecule has 2 N–H and O–H groups in total. The van der Waals surface area contributed by atoms with Crippen LogP contribution in [0.4, 0.5) is 5.69 Å². The van der Waals surface area contributed by atoms with Crippen LogP contribution in [0, 0.1) is 11.3 Å². The molecule has 1 fully saturated rings. The van der Waals surface area contributed by atoms with Crippen molar-refractivity contribution in [2.45, 2.75) is 71.3 Å². The van der Waals surface area contributed by atoms with Crippen LogP contribution in [0.5, 0.6) is 0 Å². The summed E-state index contributed by atoms with van der Waals surface area (Å²) in [7, 11) is 0. The molecule has 6 nitrogen and oxygen atoms in total. The number of amides is 2. The van der Waals surface area contributed by atoms with Crippen LogP contribution in [-0.2, 0) is 22.6 Å². The van der Waals surface area contributed by atoms with Gasteiger partial charge in [0.2, 0.25) is 11.8 Å². The molecule has 2 aliphatic rings. The maximum Gasteiger partial charge on any atom is 0.243 e. The highest BCUT2D eigenvalue weighted by Gasteiger charge is 2.32. The summed E-state index contributed by atoms with van der Waals surface area (Å²) in [4.78, 5) is 26.5. The summed E-state index contributed by atoms with van der Waals surface area (Å²) in [5.74, 6) is 0.210. The molecule has 3 aromatic carbocycles. The van der Waals surface area contributed by atoms with E-state index in [0.29, 0.717) is 25.8 Å². The standard InChI is InChI=1S/C36H41N3O3/c1-25(40)36(2,3)23-27-10-9-15-31(22-27)37-35(42)34(29-13-7-8-14-29)30-18-16-26(17-19-30)24-39-33(41)21-20-32(38-39)28-11-5-4-6-12-28/h4-6,9-12,15-19,22,29,34,40H,1,7-8,13-14,20-21,23-24H2,2-3H3,(H,37,42). The van der Waals surface area contributed by atoms with Gasteiger partial charge in [0.25, 0.3) is 0 Å². The molecule has 3 aromatic rings. The predicted octanol–water partition coefficient (Wildman–Crippen LogP) is 7.77. The molecule has 0 aromatic heterocycles. The summed E-state index contributed by atoms with van der Waals surface area (Å²) >= 11 is 0. The van der Waals surface area contributed by atoms with Crippen molar-refractivity contribution in [3.8, 4) is 0 Å². The number of aliphatic hydroxyl groups is 1. The van der Waals surface area contributed by atoms with Crippen LogP contribution >= 0.6 is 0 Å². The van der Waals surface area contributed by atoms with Gasteiger partial charge < -0.3 is 10.4 Å². The molecule has 2 amide bonds. The van der Waals surface area contributed by atoms with Crippen molar-refractivity contribution in [2.24, 2.45) is 16.4 Å². The van der Waals surface area contributed by atoms with E-state index >= 15 is 0 Å². The zero-order valence-corrected chi connectivity index (χ0v) is 24.7. The van der Waals surface area contributed by atoms with Gasteiger partial charge in [-0.05, 0) is 59.6 Å². The van der Waals surface area contributed by atoms with Gasteiger partial charge in [0, 0.05) is 23.9 Å². The van der Waals surface area contributed by atoms with E-state index in [4.69, 9.17) is 0 Å². The molecular weight excluding hydrogens is 522 g/mol. The lowest BCUT2D eigenvalue weighted by Gasteiger charge is -2.26. The Morgan fingerprint density at radius 2 is 1.71 bits per heavy atom. The zero-order valence-electron chi connectivity index (χ0n) is 24.7. The van der Waals surface area contributed by atoms with Crippen LogP contribution in [0.3, 0.4) is 0 Å². The number of rotatable bonds is 10. The number of nitrogens with one attached hydrogen (secondary N) is 1. The number of aliphatic hydroxyl groups excluding tert-OH is 1. The molecular formula is C36H41N3O3. The van der Waals surface area contributed by atoms with Crippen molar-refractivity contribution in [1.29, 1.82) is 0 Å². The lowest BCUT2D eigenvalue weighted by atomic mass is 9.83. The number of anilines is 1. The minimum Gasteiger partial charge on any atom is -0.512 e. The highest BCUT2D eigenvalue weighted by atomic mass is 16.3. The van der Waals surface area contributed by atoms with Gasteiger partial charge in [0.05, 0.1) is 23.9 Å². The number of nitrogens with zero attached hydrogens (tertiary/aromatic N) is 2. The molecule has 1 heterocycles. The van der Waals surface area contributed by atoms with E-state index in [1.54, 1.807) is 5.01 Å². The number of carbonyl (C=O) groups is 2. The Bertz CT molecular complexity index is 1450. The minimum atomic E-state index is -0.454. The SMILES string of the molecule is C=C(O)C(C)(C)Cc1cccc(NC(=O)C(c2ccc(CN3N=C(c4ccccc4)CCC3=O)cc2)C2CCCC2)c1. The van der Waals surface area contributed by atoms with Gasteiger partial charge in [-0.25, -0.2) is 5.01 Å². The smallest absolute Gasteiger partial charge is 0.243 e. The first-order valence-electron chi connectivity index (χ1n) is 15.0. The third-order valence-electron chi connectivity index (χ3n) is 8.66. The van der Waals surface area contributed by atoms with E-state index in [1.165, 1.54) is 0 Å². The molecule has 1 aliphatic heterocycles. The summed E-state index contributed by atoms with van der Waals surface area (Å²) in [6.45, 7) is 8.02. The van der Waals surface area contributed by atoms with Crippen LogP contribution in [0.2, 0.25) is 0 Å². The third kappa shape index (κ3) is 6.99. The monoisotopic (exact) mass is 563 g/mol. The second kappa shape index (κ2) is 12.8. The van der Waals surface area contributed by atoms with Crippen molar-refractivity contribution in [1.82, 2.24) is 5.01 Å². The maximum atomic E-state index is 13.8. The normalized spacial score (nSPS) is 16.7. The first-order valence-corrected chi connectivity index (χ1v) is 15.0. The Morgan fingerprint density at radius 1 is 1.00 bits per heavy atom. The first-order chi connectivity index (χ1) is 20.2. The average Bonchev–Trinajstić information content (AvgIpc) is 3.50. The number of hydrogen-bond acceptors (Lipinski definition) is 4. The summed E-state index contributed by atoms with van der Waals surface area (Å²) in [5.41, 5.74) is 5.28. The van der Waals surface area contributed by atoms with Gasteiger partial charge in [-0.3, -0.25) is 9.59 Å². The minimum absolute atomic E-state index is 0.000870. The number of hydrogen-bond donors (Lipinski definition) is 2. The predicted molar refractivity (Wildman–Crippen MR) is 168 cm³/mol. The Hall–Kier alpha value is -4.19. The van der Waals surface area contributed by atoms with Crippen LogP contribution in [0.25, 0.3) is 0 Å². The maximum absolute atomic E-state index is 13.8. The molecule has 0 bridgehead atoms. The second-order valence-electron chi connectivity index (χ2n) is 12.3. The molecule has 1 unspecified atom stereocenters. The first kappa shape index (κ1) is 29.3. The fourth-order valence-corrected chi connectivity index (χ4v) is 6.09. The Kier molecular flexibility index (Phi) is 8.91. The summed E-state index contributed by atoms with van der Waals surface area (Å²) in [6.07, 6.45) is 6.06. The number of benzene rings is 3. The molecule has 1 aliphatic carbocycles. The van der Waals surface area contributed by atoms with E-state index in [2.05, 4.69) is 17.0 Å². The zero-order chi connectivity index (χ0) is 29.7. The Balaban J connectivity index is 1.31. The summed E-state index contributed by atoms with van der Waals surface area (Å²) in [5, 5.41) is 19.4. The number of carbonyl (C=O) groups excluding carboxylic acids is 2. The highest BCUT2D eigenvalue weighted by Crippen LogP contribution is 2.38. The van der Waals surface area contributed by atoms with Crippen LogP contribution in [0.15, 0.2) is 96.3 Å². The molecule has 42 heavy (non-hydrogen) atoms. The summed E-state index contributed by atoms with van der Waals surface area (Å²) in [6, 6.07) is 26.0. The van der Waals surface area contributed by atoms with E-state index < -0.39 is 5.41 Å². The van der Waals surface area contributed by atoms with Crippen molar-refractivity contribution in [3.63, 3.8) is 0 Å². The van der Waals surface area contributed by atoms with Gasteiger partial charge in [-0.1, -0.05) is 100.0 Å². The average molecular weight is 564 g/mol. The molecule has 6 heteroatoms. The number of hydrazone groups is 1. The van der Waals surface area contributed by atoms with Crippen molar-refractivity contribution in [3.05, 3.63) is 113 Å². The molecule has 0 saturated heterocycles.